The van der Waals surface area contributed by atoms with Crippen LogP contribution >= 0.6 is 0 Å². The average molecular weight is 472 g/mol. The molecular weight excluding hydrogens is 442 g/mol. The molecule has 1 aliphatic rings. The summed E-state index contributed by atoms with van der Waals surface area (Å²) in [5.74, 6) is 0.638. The molecule has 0 saturated heterocycles. The number of nitrogens with one attached hydrogen (secondary N) is 1. The van der Waals surface area contributed by atoms with E-state index in [9.17, 15) is 9.59 Å². The number of furan rings is 1. The van der Waals surface area contributed by atoms with Crippen LogP contribution in [-0.4, -0.2) is 37.7 Å². The number of rotatable bonds is 9. The molecule has 8 nitrogen and oxygen atoms in total. The van der Waals surface area contributed by atoms with Gasteiger partial charge in [-0.2, -0.15) is 0 Å². The number of carbonyl (C=O) groups excluding carboxylic acids is 2. The number of nitrogens with zero attached hydrogens (tertiary/aromatic N) is 4. The molecule has 1 unspecified atom stereocenters. The van der Waals surface area contributed by atoms with Crippen LogP contribution in [-0.2, 0) is 22.7 Å². The summed E-state index contributed by atoms with van der Waals surface area (Å²) in [6.45, 7) is 4.53. The number of para-hydroxylation sites is 1. The van der Waals surface area contributed by atoms with Crippen LogP contribution in [0.5, 0.6) is 0 Å². The van der Waals surface area contributed by atoms with Gasteiger partial charge in [-0.1, -0.05) is 55.5 Å². The Hall–Kier alpha value is -3.94. The molecule has 2 heterocycles. The van der Waals surface area contributed by atoms with Crippen LogP contribution in [0.1, 0.15) is 55.5 Å². The van der Waals surface area contributed by atoms with E-state index in [1.54, 1.807) is 21.9 Å². The Bertz CT molecular complexity index is 1310. The second-order valence-electron chi connectivity index (χ2n) is 9.29. The van der Waals surface area contributed by atoms with Crippen LogP contribution in [0.15, 0.2) is 71.3 Å². The zero-order valence-corrected chi connectivity index (χ0v) is 19.9. The maximum Gasteiger partial charge on any atom is 0.247 e. The molecule has 1 fully saturated rings. The predicted octanol–water partition coefficient (Wildman–Crippen LogP) is 4.20. The fourth-order valence-corrected chi connectivity index (χ4v) is 4.34. The van der Waals surface area contributed by atoms with E-state index < -0.39 is 6.04 Å². The van der Waals surface area contributed by atoms with Gasteiger partial charge in [0.1, 0.15) is 23.9 Å². The molecule has 8 heteroatoms. The summed E-state index contributed by atoms with van der Waals surface area (Å²) in [6, 6.07) is 18.4. The minimum atomic E-state index is -0.749. The van der Waals surface area contributed by atoms with Crippen LogP contribution < -0.4 is 5.32 Å². The second kappa shape index (κ2) is 9.74. The largest absolute Gasteiger partial charge is 0.467 e. The van der Waals surface area contributed by atoms with Gasteiger partial charge in [-0.3, -0.25) is 9.59 Å². The van der Waals surface area contributed by atoms with Gasteiger partial charge in [0.2, 0.25) is 11.8 Å². The normalized spacial score (nSPS) is 14.3. The first-order valence-corrected chi connectivity index (χ1v) is 12.0. The van der Waals surface area contributed by atoms with Gasteiger partial charge in [-0.25, -0.2) is 4.68 Å². The third kappa shape index (κ3) is 4.96. The Morgan fingerprint density at radius 1 is 1.06 bits per heavy atom. The van der Waals surface area contributed by atoms with Gasteiger partial charge in [-0.15, -0.1) is 5.10 Å². The lowest BCUT2D eigenvalue weighted by Crippen LogP contribution is -2.46. The van der Waals surface area contributed by atoms with Crippen molar-refractivity contribution in [2.45, 2.75) is 57.8 Å². The molecule has 2 aromatic carbocycles. The number of amides is 2. The van der Waals surface area contributed by atoms with Gasteiger partial charge in [0.25, 0.3) is 0 Å². The smallest absolute Gasteiger partial charge is 0.247 e. The highest BCUT2D eigenvalue weighted by Crippen LogP contribution is 2.36. The standard InChI is InChI=1S/C27H29N5O3/c1-18(2)19-9-11-20(12-10-19)26(27(34)28-16-22-6-5-15-35-22)32(21-13-14-21)25(33)17-31-24-8-4-3-7-23(24)29-30-31/h3-12,15,18,21,26H,13-14,16-17H2,1-2H3,(H,28,34). The zero-order chi connectivity index (χ0) is 24.4. The molecule has 1 saturated carbocycles. The summed E-state index contributed by atoms with van der Waals surface area (Å²) in [4.78, 5) is 29.0. The Labute approximate surface area is 203 Å². The van der Waals surface area contributed by atoms with E-state index >= 15 is 0 Å². The monoisotopic (exact) mass is 471 g/mol. The summed E-state index contributed by atoms with van der Waals surface area (Å²) in [7, 11) is 0. The van der Waals surface area contributed by atoms with Gasteiger partial charge in [0.15, 0.2) is 0 Å². The van der Waals surface area contributed by atoms with E-state index in [-0.39, 0.29) is 30.9 Å². The molecule has 0 bridgehead atoms. The number of hydrogen-bond acceptors (Lipinski definition) is 5. The number of fused-ring (bicyclic) bond motifs is 1. The van der Waals surface area contributed by atoms with E-state index in [4.69, 9.17) is 4.42 Å². The molecular formula is C27H29N5O3. The molecule has 180 valence electrons. The number of carbonyl (C=O) groups is 2. The van der Waals surface area contributed by atoms with E-state index in [2.05, 4.69) is 29.5 Å². The molecule has 1 atom stereocenters. The van der Waals surface area contributed by atoms with E-state index in [0.29, 0.717) is 11.7 Å². The summed E-state index contributed by atoms with van der Waals surface area (Å²) in [5, 5.41) is 11.3. The van der Waals surface area contributed by atoms with E-state index in [1.807, 2.05) is 54.6 Å². The summed E-state index contributed by atoms with van der Waals surface area (Å²) in [5.41, 5.74) is 3.49. The van der Waals surface area contributed by atoms with Crippen molar-refractivity contribution in [2.75, 3.05) is 0 Å². The van der Waals surface area contributed by atoms with Crippen LogP contribution in [0.4, 0.5) is 0 Å². The molecule has 1 aliphatic carbocycles. The molecule has 4 aromatic rings. The Morgan fingerprint density at radius 3 is 2.49 bits per heavy atom. The number of aromatic nitrogens is 3. The van der Waals surface area contributed by atoms with E-state index in [0.717, 1.165) is 29.4 Å². The Morgan fingerprint density at radius 2 is 1.80 bits per heavy atom. The van der Waals surface area contributed by atoms with Crippen molar-refractivity contribution in [1.82, 2.24) is 25.2 Å². The minimum Gasteiger partial charge on any atom is -0.467 e. The third-order valence-corrected chi connectivity index (χ3v) is 6.40. The summed E-state index contributed by atoms with van der Waals surface area (Å²) < 4.78 is 6.98. The van der Waals surface area contributed by atoms with Crippen molar-refractivity contribution in [3.05, 3.63) is 83.8 Å². The first-order valence-electron chi connectivity index (χ1n) is 12.0. The van der Waals surface area contributed by atoms with Gasteiger partial charge in [-0.05, 0) is 54.2 Å². The van der Waals surface area contributed by atoms with Gasteiger partial charge < -0.3 is 14.6 Å². The lowest BCUT2D eigenvalue weighted by atomic mass is 9.97. The second-order valence-corrected chi connectivity index (χ2v) is 9.29. The van der Waals surface area contributed by atoms with Crippen molar-refractivity contribution in [3.8, 4) is 0 Å². The molecule has 2 aromatic heterocycles. The topological polar surface area (TPSA) is 93.3 Å². The maximum atomic E-state index is 13.7. The van der Waals surface area contributed by atoms with Crippen LogP contribution in [0, 0.1) is 0 Å². The molecule has 0 radical (unpaired) electrons. The molecule has 0 aliphatic heterocycles. The molecule has 35 heavy (non-hydrogen) atoms. The lowest BCUT2D eigenvalue weighted by molar-refractivity contribution is -0.142. The summed E-state index contributed by atoms with van der Waals surface area (Å²) in [6.07, 6.45) is 3.32. The quantitative estimate of drug-likeness (QED) is 0.395. The molecule has 2 amide bonds. The Balaban J connectivity index is 1.45. The van der Waals surface area contributed by atoms with Crippen LogP contribution in [0.3, 0.4) is 0 Å². The highest BCUT2D eigenvalue weighted by molar-refractivity contribution is 5.89. The van der Waals surface area contributed by atoms with Crippen LogP contribution in [0.25, 0.3) is 11.0 Å². The number of benzene rings is 2. The summed E-state index contributed by atoms with van der Waals surface area (Å²) >= 11 is 0. The highest BCUT2D eigenvalue weighted by Gasteiger charge is 2.41. The molecule has 1 N–H and O–H groups in total. The number of hydrogen-bond donors (Lipinski definition) is 1. The predicted molar refractivity (Wildman–Crippen MR) is 131 cm³/mol. The first-order chi connectivity index (χ1) is 17.0. The lowest BCUT2D eigenvalue weighted by Gasteiger charge is -2.31. The maximum absolute atomic E-state index is 13.7. The minimum absolute atomic E-state index is 0.0152. The Kier molecular flexibility index (Phi) is 6.35. The fraction of sp³-hybridized carbons (Fsp3) is 0.333. The average Bonchev–Trinajstić information content (AvgIpc) is 3.40. The third-order valence-electron chi connectivity index (χ3n) is 6.40. The van der Waals surface area contributed by atoms with Crippen molar-refractivity contribution in [3.63, 3.8) is 0 Å². The zero-order valence-electron chi connectivity index (χ0n) is 19.9. The van der Waals surface area contributed by atoms with Gasteiger partial charge in [0.05, 0.1) is 18.3 Å². The van der Waals surface area contributed by atoms with Crippen molar-refractivity contribution in [2.24, 2.45) is 0 Å². The van der Waals surface area contributed by atoms with Crippen LogP contribution in [0.2, 0.25) is 0 Å². The fourth-order valence-electron chi connectivity index (χ4n) is 4.34. The van der Waals surface area contributed by atoms with E-state index in [1.165, 1.54) is 5.56 Å². The van der Waals surface area contributed by atoms with Crippen molar-refractivity contribution >= 4 is 22.8 Å². The SMILES string of the molecule is CC(C)c1ccc(C(C(=O)NCc2ccco2)N(C(=O)Cn2nnc3ccccc32)C2CC2)cc1. The van der Waals surface area contributed by atoms with Gasteiger partial charge in [0, 0.05) is 6.04 Å². The van der Waals surface area contributed by atoms with Crippen molar-refractivity contribution < 1.29 is 14.0 Å². The van der Waals surface area contributed by atoms with Crippen molar-refractivity contribution in [1.29, 1.82) is 0 Å². The molecule has 0 spiro atoms. The highest BCUT2D eigenvalue weighted by atomic mass is 16.3. The molecule has 5 rings (SSSR count). The van der Waals surface area contributed by atoms with Gasteiger partial charge >= 0.3 is 0 Å². The first kappa shape index (κ1) is 22.8.